The number of anilines is 1. The monoisotopic (exact) mass is 347 g/mol. The van der Waals surface area contributed by atoms with Crippen LogP contribution < -0.4 is 5.32 Å². The third-order valence-corrected chi connectivity index (χ3v) is 3.66. The molecule has 0 saturated carbocycles. The second-order valence-corrected chi connectivity index (χ2v) is 5.64. The van der Waals surface area contributed by atoms with Gasteiger partial charge in [-0.1, -0.05) is 15.9 Å². The summed E-state index contributed by atoms with van der Waals surface area (Å²) in [6, 6.07) is 5.81. The number of aryl methyl sites for hydroxylation is 1. The molecule has 0 spiro atoms. The lowest BCUT2D eigenvalue weighted by Crippen LogP contribution is -2.13. The van der Waals surface area contributed by atoms with Gasteiger partial charge < -0.3 is 10.4 Å². The van der Waals surface area contributed by atoms with Gasteiger partial charge in [0, 0.05) is 35.2 Å². The number of aromatic nitrogens is 4. The minimum absolute atomic E-state index is 0.352. The maximum atomic E-state index is 10.2. The van der Waals surface area contributed by atoms with Crippen molar-refractivity contribution in [2.45, 2.75) is 6.10 Å². The lowest BCUT2D eigenvalue weighted by molar-refractivity contribution is 0.191. The number of nitrogens with one attached hydrogen (secondary N) is 1. The fourth-order valence-corrected chi connectivity index (χ4v) is 2.45. The first-order valence-corrected chi connectivity index (χ1v) is 7.23. The number of hydrogen-bond donors (Lipinski definition) is 2. The van der Waals surface area contributed by atoms with Gasteiger partial charge in [0.1, 0.15) is 12.1 Å². The number of aliphatic hydroxyl groups excluding tert-OH is 1. The normalized spacial score (nSPS) is 12.5. The highest BCUT2D eigenvalue weighted by atomic mass is 79.9. The van der Waals surface area contributed by atoms with Crippen molar-refractivity contribution in [1.82, 2.24) is 19.7 Å². The van der Waals surface area contributed by atoms with E-state index in [-0.39, 0.29) is 0 Å². The molecule has 1 aromatic carbocycles. The Kier molecular flexibility index (Phi) is 3.85. The molecule has 0 saturated heterocycles. The second-order valence-electron chi connectivity index (χ2n) is 4.73. The fraction of sp³-hybridized carbons (Fsp3) is 0.214. The summed E-state index contributed by atoms with van der Waals surface area (Å²) in [6.07, 6.45) is 4.31. The van der Waals surface area contributed by atoms with Gasteiger partial charge in [-0.05, 0) is 18.2 Å². The number of benzene rings is 1. The zero-order valence-electron chi connectivity index (χ0n) is 11.4. The lowest BCUT2D eigenvalue weighted by atomic mass is 10.2. The van der Waals surface area contributed by atoms with Crippen LogP contribution in [0, 0.1) is 0 Å². The number of fused-ring (bicyclic) bond motifs is 1. The smallest absolute Gasteiger partial charge is 0.137 e. The van der Waals surface area contributed by atoms with Crippen LogP contribution in [0.1, 0.15) is 11.7 Å². The van der Waals surface area contributed by atoms with Crippen LogP contribution in [0.3, 0.4) is 0 Å². The predicted octanol–water partition coefficient (Wildman–Crippen LogP) is 2.27. The van der Waals surface area contributed by atoms with E-state index in [4.69, 9.17) is 0 Å². The SMILES string of the molecule is Cn1cc(C(O)CNc2ncnc3ccc(Br)cc23)cn1. The first-order valence-electron chi connectivity index (χ1n) is 6.44. The van der Waals surface area contributed by atoms with Crippen LogP contribution in [-0.4, -0.2) is 31.4 Å². The molecular formula is C14H14BrN5O. The molecule has 0 aliphatic heterocycles. The Morgan fingerprint density at radius 1 is 1.38 bits per heavy atom. The molecule has 1 unspecified atom stereocenters. The van der Waals surface area contributed by atoms with Crippen molar-refractivity contribution in [2.24, 2.45) is 7.05 Å². The van der Waals surface area contributed by atoms with Crippen molar-refractivity contribution in [1.29, 1.82) is 0 Å². The maximum absolute atomic E-state index is 10.2. The molecule has 0 radical (unpaired) electrons. The van der Waals surface area contributed by atoms with Crippen LogP contribution >= 0.6 is 15.9 Å². The van der Waals surface area contributed by atoms with Gasteiger partial charge in [-0.25, -0.2) is 9.97 Å². The summed E-state index contributed by atoms with van der Waals surface area (Å²) >= 11 is 3.44. The molecule has 2 N–H and O–H groups in total. The maximum Gasteiger partial charge on any atom is 0.137 e. The highest BCUT2D eigenvalue weighted by molar-refractivity contribution is 9.10. The number of hydrogen-bond acceptors (Lipinski definition) is 5. The van der Waals surface area contributed by atoms with Crippen LogP contribution in [0.4, 0.5) is 5.82 Å². The van der Waals surface area contributed by atoms with Crippen LogP contribution in [0.5, 0.6) is 0 Å². The van der Waals surface area contributed by atoms with Crippen LogP contribution in [0.15, 0.2) is 41.4 Å². The average molecular weight is 348 g/mol. The summed E-state index contributed by atoms with van der Waals surface area (Å²) in [5, 5.41) is 18.3. The van der Waals surface area contributed by atoms with E-state index in [2.05, 4.69) is 36.3 Å². The van der Waals surface area contributed by atoms with E-state index in [1.54, 1.807) is 17.1 Å². The van der Waals surface area contributed by atoms with E-state index in [0.29, 0.717) is 12.4 Å². The Morgan fingerprint density at radius 3 is 3.00 bits per heavy atom. The summed E-state index contributed by atoms with van der Waals surface area (Å²) in [5.41, 5.74) is 1.62. The van der Waals surface area contributed by atoms with Gasteiger partial charge in [0.15, 0.2) is 0 Å². The minimum Gasteiger partial charge on any atom is -0.386 e. The van der Waals surface area contributed by atoms with E-state index in [1.165, 1.54) is 6.33 Å². The summed E-state index contributed by atoms with van der Waals surface area (Å²) in [5.74, 6) is 0.698. The quantitative estimate of drug-likeness (QED) is 0.757. The molecule has 0 fully saturated rings. The molecular weight excluding hydrogens is 334 g/mol. The van der Waals surface area contributed by atoms with Crippen molar-refractivity contribution < 1.29 is 5.11 Å². The number of aliphatic hydroxyl groups is 1. The van der Waals surface area contributed by atoms with Crippen LogP contribution in [-0.2, 0) is 7.05 Å². The molecule has 7 heteroatoms. The van der Waals surface area contributed by atoms with Gasteiger partial charge in [-0.15, -0.1) is 0 Å². The standard InChI is InChI=1S/C14H14BrN5O/c1-20-7-9(5-19-20)13(21)6-16-14-11-4-10(15)2-3-12(11)17-8-18-14/h2-5,7-8,13,21H,6H2,1H3,(H,16,17,18). The Hall–Kier alpha value is -1.99. The molecule has 2 aromatic heterocycles. The lowest BCUT2D eigenvalue weighted by Gasteiger charge is -2.12. The molecule has 1 atom stereocenters. The molecule has 0 aliphatic carbocycles. The van der Waals surface area contributed by atoms with Crippen molar-refractivity contribution in [3.8, 4) is 0 Å². The second kappa shape index (κ2) is 5.79. The largest absolute Gasteiger partial charge is 0.386 e. The first-order chi connectivity index (χ1) is 10.1. The zero-order chi connectivity index (χ0) is 14.8. The molecule has 3 aromatic rings. The van der Waals surface area contributed by atoms with Gasteiger partial charge in [-0.3, -0.25) is 4.68 Å². The number of nitrogens with zero attached hydrogens (tertiary/aromatic N) is 4. The molecule has 2 heterocycles. The predicted molar refractivity (Wildman–Crippen MR) is 83.9 cm³/mol. The Bertz CT molecular complexity index is 773. The van der Waals surface area contributed by atoms with E-state index in [0.717, 1.165) is 20.9 Å². The van der Waals surface area contributed by atoms with E-state index in [9.17, 15) is 5.11 Å². The molecule has 3 rings (SSSR count). The van der Waals surface area contributed by atoms with E-state index in [1.807, 2.05) is 25.2 Å². The van der Waals surface area contributed by atoms with Gasteiger partial charge in [-0.2, -0.15) is 5.10 Å². The zero-order valence-corrected chi connectivity index (χ0v) is 12.9. The summed E-state index contributed by atoms with van der Waals surface area (Å²) in [7, 11) is 1.82. The minimum atomic E-state index is -0.643. The van der Waals surface area contributed by atoms with Gasteiger partial charge >= 0.3 is 0 Å². The highest BCUT2D eigenvalue weighted by Crippen LogP contribution is 2.24. The highest BCUT2D eigenvalue weighted by Gasteiger charge is 2.11. The molecule has 6 nitrogen and oxygen atoms in total. The van der Waals surface area contributed by atoms with Gasteiger partial charge in [0.2, 0.25) is 0 Å². The van der Waals surface area contributed by atoms with Crippen molar-refractivity contribution in [2.75, 3.05) is 11.9 Å². The van der Waals surface area contributed by atoms with Crippen molar-refractivity contribution in [3.63, 3.8) is 0 Å². The van der Waals surface area contributed by atoms with Crippen molar-refractivity contribution >= 4 is 32.7 Å². The summed E-state index contributed by atoms with van der Waals surface area (Å²) in [6.45, 7) is 0.352. The summed E-state index contributed by atoms with van der Waals surface area (Å²) < 4.78 is 2.62. The topological polar surface area (TPSA) is 75.9 Å². The van der Waals surface area contributed by atoms with Gasteiger partial charge in [0.05, 0.1) is 17.8 Å². The Balaban J connectivity index is 1.80. The molecule has 21 heavy (non-hydrogen) atoms. The molecule has 0 amide bonds. The fourth-order valence-electron chi connectivity index (χ4n) is 2.09. The first kappa shape index (κ1) is 14.0. The Labute approximate surface area is 130 Å². The third-order valence-electron chi connectivity index (χ3n) is 3.17. The number of rotatable bonds is 4. The Morgan fingerprint density at radius 2 is 2.24 bits per heavy atom. The van der Waals surface area contributed by atoms with E-state index >= 15 is 0 Å². The van der Waals surface area contributed by atoms with Gasteiger partial charge in [0.25, 0.3) is 0 Å². The molecule has 0 bridgehead atoms. The van der Waals surface area contributed by atoms with E-state index < -0.39 is 6.10 Å². The molecule has 108 valence electrons. The number of halogens is 1. The van der Waals surface area contributed by atoms with Crippen LogP contribution in [0.2, 0.25) is 0 Å². The van der Waals surface area contributed by atoms with Crippen LogP contribution in [0.25, 0.3) is 10.9 Å². The molecule has 0 aliphatic rings. The van der Waals surface area contributed by atoms with Crippen molar-refractivity contribution in [3.05, 3.63) is 47.0 Å². The average Bonchev–Trinajstić information content (AvgIpc) is 2.91. The third kappa shape index (κ3) is 3.03. The summed E-state index contributed by atoms with van der Waals surface area (Å²) in [4.78, 5) is 8.47.